The lowest BCUT2D eigenvalue weighted by atomic mass is 10.1. The number of hydrogen-bond donors (Lipinski definition) is 1. The van der Waals surface area contributed by atoms with Crippen molar-refractivity contribution >= 4 is 23.4 Å². The van der Waals surface area contributed by atoms with Crippen molar-refractivity contribution < 1.29 is 4.74 Å². The van der Waals surface area contributed by atoms with Gasteiger partial charge in [0.25, 0.3) is 0 Å². The Labute approximate surface area is 118 Å². The topological polar surface area (TPSA) is 47.8 Å². The summed E-state index contributed by atoms with van der Waals surface area (Å²) in [6, 6.07) is 0.219. The van der Waals surface area contributed by atoms with E-state index < -0.39 is 0 Å². The van der Waals surface area contributed by atoms with Crippen LogP contribution in [0.15, 0.2) is 0 Å². The highest BCUT2D eigenvalue weighted by atomic mass is 32.1. The molecule has 6 heteroatoms. The summed E-state index contributed by atoms with van der Waals surface area (Å²) >= 11 is 5.48. The van der Waals surface area contributed by atoms with Crippen LogP contribution in [0.3, 0.4) is 0 Å². The number of rotatable bonds is 5. The maximum Gasteiger partial charge on any atom is 0.179 e. The number of aromatic nitrogens is 4. The van der Waals surface area contributed by atoms with Gasteiger partial charge in [-0.3, -0.25) is 9.25 Å². The zero-order chi connectivity index (χ0) is 14.2. The van der Waals surface area contributed by atoms with Crippen molar-refractivity contribution in [3.05, 3.63) is 10.5 Å². The van der Waals surface area contributed by atoms with Gasteiger partial charge in [0.1, 0.15) is 5.52 Å². The van der Waals surface area contributed by atoms with E-state index in [-0.39, 0.29) is 6.04 Å². The summed E-state index contributed by atoms with van der Waals surface area (Å²) in [4.78, 5) is 3.27. The van der Waals surface area contributed by atoms with Crippen LogP contribution >= 0.6 is 12.2 Å². The molecule has 1 unspecified atom stereocenters. The molecule has 0 amide bonds. The van der Waals surface area contributed by atoms with E-state index in [9.17, 15) is 0 Å². The molecule has 2 rings (SSSR count). The summed E-state index contributed by atoms with van der Waals surface area (Å²) in [5.41, 5.74) is 3.04. The Morgan fingerprint density at radius 3 is 2.68 bits per heavy atom. The molecule has 0 aliphatic rings. The first kappa shape index (κ1) is 14.3. The van der Waals surface area contributed by atoms with Gasteiger partial charge >= 0.3 is 0 Å². The maximum absolute atomic E-state index is 5.62. The number of H-pyrrole nitrogens is 1. The second-order valence-corrected chi connectivity index (χ2v) is 5.57. The van der Waals surface area contributed by atoms with E-state index in [2.05, 4.69) is 28.5 Å². The van der Waals surface area contributed by atoms with E-state index in [4.69, 9.17) is 17.0 Å². The number of ether oxygens (including phenoxy) is 1. The van der Waals surface area contributed by atoms with Gasteiger partial charge in [0, 0.05) is 13.7 Å². The van der Waals surface area contributed by atoms with E-state index in [1.807, 2.05) is 25.6 Å². The molecule has 19 heavy (non-hydrogen) atoms. The van der Waals surface area contributed by atoms with Crippen molar-refractivity contribution in [2.45, 2.75) is 33.7 Å². The van der Waals surface area contributed by atoms with Gasteiger partial charge in [-0.1, -0.05) is 13.8 Å². The highest BCUT2D eigenvalue weighted by molar-refractivity contribution is 7.71. The lowest BCUT2D eigenvalue weighted by molar-refractivity contribution is 0.0970. The minimum atomic E-state index is 0.219. The number of aromatic amines is 1. The molecule has 1 atom stereocenters. The summed E-state index contributed by atoms with van der Waals surface area (Å²) in [6.07, 6.45) is 0. The number of nitrogens with one attached hydrogen (secondary N) is 1. The molecule has 2 aromatic rings. The van der Waals surface area contributed by atoms with E-state index in [0.717, 1.165) is 21.6 Å². The third kappa shape index (κ3) is 2.47. The molecule has 1 N–H and O–H groups in total. The van der Waals surface area contributed by atoms with E-state index in [0.29, 0.717) is 19.1 Å². The van der Waals surface area contributed by atoms with Crippen LogP contribution in [0.5, 0.6) is 0 Å². The Bertz CT molecular complexity index is 622. The number of nitrogens with zero attached hydrogens (tertiary/aromatic N) is 3. The van der Waals surface area contributed by atoms with Crippen LogP contribution in [0.2, 0.25) is 0 Å². The standard InChI is InChI=1S/C13H22N4OS/c1-6-18-7-10(8(2)3)17-12-11(14-13(17)19)9(4)15-16(12)5/h8,10H,6-7H2,1-5H3,(H,14,19). The van der Waals surface area contributed by atoms with Crippen molar-refractivity contribution in [1.82, 2.24) is 19.3 Å². The van der Waals surface area contributed by atoms with Gasteiger partial charge in [0.2, 0.25) is 0 Å². The lowest BCUT2D eigenvalue weighted by Crippen LogP contribution is -2.22. The monoisotopic (exact) mass is 282 g/mol. The van der Waals surface area contributed by atoms with Gasteiger partial charge in [-0.15, -0.1) is 0 Å². The number of imidazole rings is 1. The molecule has 0 aliphatic carbocycles. The predicted molar refractivity (Wildman–Crippen MR) is 79.0 cm³/mol. The fourth-order valence-electron chi connectivity index (χ4n) is 2.44. The molecular weight excluding hydrogens is 260 g/mol. The van der Waals surface area contributed by atoms with Gasteiger partial charge in [-0.2, -0.15) is 5.10 Å². The minimum Gasteiger partial charge on any atom is -0.380 e. The van der Waals surface area contributed by atoms with Gasteiger partial charge in [-0.05, 0) is 32.0 Å². The largest absolute Gasteiger partial charge is 0.380 e. The van der Waals surface area contributed by atoms with Crippen molar-refractivity contribution in [3.63, 3.8) is 0 Å². The first-order chi connectivity index (χ1) is 8.97. The van der Waals surface area contributed by atoms with Crippen LogP contribution in [0.1, 0.15) is 32.5 Å². The molecule has 0 aliphatic heterocycles. The van der Waals surface area contributed by atoms with Gasteiger partial charge in [-0.25, -0.2) is 0 Å². The average molecular weight is 282 g/mol. The van der Waals surface area contributed by atoms with E-state index in [1.54, 1.807) is 0 Å². The van der Waals surface area contributed by atoms with Gasteiger partial charge in [0.15, 0.2) is 10.4 Å². The minimum absolute atomic E-state index is 0.219. The molecule has 0 saturated carbocycles. The molecular formula is C13H22N4OS. The molecule has 0 radical (unpaired) electrons. The molecule has 0 fully saturated rings. The van der Waals surface area contributed by atoms with Crippen LogP contribution in [-0.2, 0) is 11.8 Å². The molecule has 106 valence electrons. The summed E-state index contributed by atoms with van der Waals surface area (Å²) in [5, 5.41) is 4.45. The Kier molecular flexibility index (Phi) is 4.10. The van der Waals surface area contributed by atoms with Crippen LogP contribution in [0, 0.1) is 17.6 Å². The third-order valence-electron chi connectivity index (χ3n) is 3.46. The highest BCUT2D eigenvalue weighted by Gasteiger charge is 2.22. The first-order valence-corrected chi connectivity index (χ1v) is 7.09. The summed E-state index contributed by atoms with van der Waals surface area (Å²) in [6.45, 7) is 9.76. The predicted octanol–water partition coefficient (Wildman–Crippen LogP) is 2.97. The van der Waals surface area contributed by atoms with Crippen molar-refractivity contribution in [3.8, 4) is 0 Å². The van der Waals surface area contributed by atoms with E-state index >= 15 is 0 Å². The molecule has 0 aromatic carbocycles. The molecule has 0 bridgehead atoms. The Morgan fingerprint density at radius 1 is 1.42 bits per heavy atom. The highest BCUT2D eigenvalue weighted by Crippen LogP contribution is 2.26. The third-order valence-corrected chi connectivity index (χ3v) is 3.76. The first-order valence-electron chi connectivity index (χ1n) is 6.68. The quantitative estimate of drug-likeness (QED) is 0.858. The lowest BCUT2D eigenvalue weighted by Gasteiger charge is -2.23. The zero-order valence-electron chi connectivity index (χ0n) is 12.2. The summed E-state index contributed by atoms with van der Waals surface area (Å²) < 4.78 is 10.4. The summed E-state index contributed by atoms with van der Waals surface area (Å²) in [5.74, 6) is 0.437. The molecule has 2 aromatic heterocycles. The Morgan fingerprint density at radius 2 is 2.11 bits per heavy atom. The van der Waals surface area contributed by atoms with E-state index in [1.165, 1.54) is 0 Å². The molecule has 0 spiro atoms. The van der Waals surface area contributed by atoms with Crippen molar-refractivity contribution in [1.29, 1.82) is 0 Å². The number of aryl methyl sites for hydroxylation is 2. The number of hydrogen-bond acceptors (Lipinski definition) is 3. The van der Waals surface area contributed by atoms with Gasteiger partial charge < -0.3 is 9.72 Å². The smallest absolute Gasteiger partial charge is 0.179 e. The second-order valence-electron chi connectivity index (χ2n) is 5.18. The van der Waals surface area contributed by atoms with Crippen molar-refractivity contribution in [2.24, 2.45) is 13.0 Å². The van der Waals surface area contributed by atoms with Crippen molar-refractivity contribution in [2.75, 3.05) is 13.2 Å². The molecule has 2 heterocycles. The molecule has 0 saturated heterocycles. The van der Waals surface area contributed by atoms with Crippen LogP contribution in [0.25, 0.3) is 11.2 Å². The fourth-order valence-corrected chi connectivity index (χ4v) is 2.77. The van der Waals surface area contributed by atoms with Crippen LogP contribution in [-0.4, -0.2) is 32.5 Å². The normalized spacial score (nSPS) is 13.6. The molecule has 5 nitrogen and oxygen atoms in total. The van der Waals surface area contributed by atoms with Gasteiger partial charge in [0.05, 0.1) is 18.3 Å². The van der Waals surface area contributed by atoms with Crippen LogP contribution in [0.4, 0.5) is 0 Å². The fraction of sp³-hybridized carbons (Fsp3) is 0.692. The average Bonchev–Trinajstić information content (AvgIpc) is 2.79. The zero-order valence-corrected chi connectivity index (χ0v) is 13.0. The summed E-state index contributed by atoms with van der Waals surface area (Å²) in [7, 11) is 1.95. The Balaban J connectivity index is 2.58. The second kappa shape index (κ2) is 5.46. The van der Waals surface area contributed by atoms with Crippen LogP contribution < -0.4 is 0 Å². The number of fused-ring (bicyclic) bond motifs is 1. The SMILES string of the molecule is CCOCC(C(C)C)n1c(=S)[nH]c2c(C)nn(C)c21. The Hall–Kier alpha value is -1.14. The maximum atomic E-state index is 5.62.